The molecule has 2 unspecified atom stereocenters. The van der Waals surface area contributed by atoms with Crippen LogP contribution in [0, 0.1) is 0 Å². The Morgan fingerprint density at radius 1 is 0.333 bits per heavy atom. The summed E-state index contributed by atoms with van der Waals surface area (Å²) in [5.41, 5.74) is 0. The molecule has 3 N–H and O–H groups in total. The van der Waals surface area contributed by atoms with Crippen molar-refractivity contribution in [2.75, 3.05) is 13.2 Å². The van der Waals surface area contributed by atoms with E-state index in [1.165, 1.54) is 360 Å². The largest absolute Gasteiger partial charge is 0.466 e. The molecule has 0 aromatic heterocycles. The highest BCUT2D eigenvalue weighted by Crippen LogP contribution is 2.20. The third-order valence-corrected chi connectivity index (χ3v) is 17.8. The van der Waals surface area contributed by atoms with E-state index in [2.05, 4.69) is 31.3 Å². The second kappa shape index (κ2) is 71.1. The number of nitrogens with one attached hydrogen (secondary N) is 1. The van der Waals surface area contributed by atoms with Crippen LogP contribution in [-0.2, 0) is 14.3 Å². The first-order chi connectivity index (χ1) is 40.0. The molecule has 482 valence electrons. The van der Waals surface area contributed by atoms with Gasteiger partial charge in [0, 0.05) is 12.8 Å². The fraction of sp³-hybridized carbons (Fsp3) is 0.947. The van der Waals surface area contributed by atoms with Crippen LogP contribution in [0.25, 0.3) is 0 Å². The van der Waals surface area contributed by atoms with Gasteiger partial charge in [-0.2, -0.15) is 0 Å². The SMILES string of the molecule is CCCCCCCCCCCCCCCCCC(=O)OCCCCCCCCCCCCCCCCCCCC/C=C\CCCCCCCCCCCCCCCCCCCC(=O)NC(CO)C(O)CCCCCCCCCCCC. The van der Waals surface area contributed by atoms with Crippen LogP contribution in [-0.4, -0.2) is 47.4 Å². The van der Waals surface area contributed by atoms with Crippen LogP contribution in [0.3, 0.4) is 0 Å². The van der Waals surface area contributed by atoms with Gasteiger partial charge in [0.1, 0.15) is 0 Å². The predicted molar refractivity (Wildman–Crippen MR) is 357 cm³/mol. The first kappa shape index (κ1) is 79.6. The second-order valence-electron chi connectivity index (χ2n) is 26.0. The number of carbonyl (C=O) groups is 2. The number of allylic oxidation sites excluding steroid dienone is 2. The maximum Gasteiger partial charge on any atom is 0.305 e. The molecule has 6 heteroatoms. The molecular weight excluding hydrogens is 995 g/mol. The Morgan fingerprint density at radius 3 is 0.877 bits per heavy atom. The quantitative estimate of drug-likeness (QED) is 0.0320. The molecule has 2 atom stereocenters. The van der Waals surface area contributed by atoms with Crippen LogP contribution in [0.15, 0.2) is 12.2 Å². The molecule has 0 aromatic rings. The lowest BCUT2D eigenvalue weighted by atomic mass is 10.0. The number of esters is 1. The molecule has 0 aliphatic carbocycles. The summed E-state index contributed by atoms with van der Waals surface area (Å²) < 4.78 is 5.51. The van der Waals surface area contributed by atoms with Gasteiger partial charge in [0.15, 0.2) is 0 Å². The molecule has 0 aliphatic heterocycles. The molecule has 0 heterocycles. The number of ether oxygens (including phenoxy) is 1. The molecule has 0 radical (unpaired) electrons. The molecule has 0 saturated carbocycles. The Kier molecular flexibility index (Phi) is 69.9. The summed E-state index contributed by atoms with van der Waals surface area (Å²) in [6.45, 7) is 4.98. The lowest BCUT2D eigenvalue weighted by Crippen LogP contribution is -2.45. The van der Waals surface area contributed by atoms with Crippen molar-refractivity contribution in [2.24, 2.45) is 0 Å². The summed E-state index contributed by atoms with van der Waals surface area (Å²) in [4.78, 5) is 24.5. The molecule has 0 rings (SSSR count). The monoisotopic (exact) mass is 1140 g/mol. The predicted octanol–water partition coefficient (Wildman–Crippen LogP) is 24.3. The number of aliphatic hydroxyl groups is 2. The van der Waals surface area contributed by atoms with Crippen molar-refractivity contribution < 1.29 is 24.5 Å². The van der Waals surface area contributed by atoms with Crippen molar-refractivity contribution in [3.63, 3.8) is 0 Å². The van der Waals surface area contributed by atoms with E-state index in [-0.39, 0.29) is 18.5 Å². The van der Waals surface area contributed by atoms with E-state index in [1.54, 1.807) is 0 Å². The molecule has 0 spiro atoms. The Balaban J connectivity index is 3.28. The van der Waals surface area contributed by atoms with Crippen LogP contribution in [0.4, 0.5) is 0 Å². The Hall–Kier alpha value is -1.40. The molecule has 0 saturated heterocycles. The molecule has 81 heavy (non-hydrogen) atoms. The van der Waals surface area contributed by atoms with E-state index in [9.17, 15) is 19.8 Å². The van der Waals surface area contributed by atoms with Crippen molar-refractivity contribution in [3.05, 3.63) is 12.2 Å². The Bertz CT molecular complexity index is 1220. The van der Waals surface area contributed by atoms with Gasteiger partial charge in [-0.15, -0.1) is 0 Å². The highest BCUT2D eigenvalue weighted by Gasteiger charge is 2.20. The van der Waals surface area contributed by atoms with Crippen LogP contribution >= 0.6 is 0 Å². The van der Waals surface area contributed by atoms with Crippen molar-refractivity contribution in [3.8, 4) is 0 Å². The average Bonchev–Trinajstić information content (AvgIpc) is 3.47. The minimum atomic E-state index is -0.658. The Labute approximate surface area is 508 Å². The number of hydrogen-bond donors (Lipinski definition) is 3. The number of hydrogen-bond acceptors (Lipinski definition) is 5. The normalized spacial score (nSPS) is 12.5. The molecular formula is C75H147NO5. The lowest BCUT2D eigenvalue weighted by molar-refractivity contribution is -0.143. The van der Waals surface area contributed by atoms with E-state index in [1.807, 2.05) is 0 Å². The maximum absolute atomic E-state index is 12.5. The van der Waals surface area contributed by atoms with Crippen molar-refractivity contribution >= 4 is 11.9 Å². The fourth-order valence-electron chi connectivity index (χ4n) is 12.1. The topological polar surface area (TPSA) is 95.9 Å². The van der Waals surface area contributed by atoms with Crippen molar-refractivity contribution in [1.29, 1.82) is 0 Å². The van der Waals surface area contributed by atoms with Crippen molar-refractivity contribution in [1.82, 2.24) is 5.32 Å². The average molecular weight is 1140 g/mol. The minimum Gasteiger partial charge on any atom is -0.466 e. The Morgan fingerprint density at radius 2 is 0.580 bits per heavy atom. The molecule has 0 bridgehead atoms. The van der Waals surface area contributed by atoms with Crippen LogP contribution in [0.5, 0.6) is 0 Å². The van der Waals surface area contributed by atoms with E-state index >= 15 is 0 Å². The fourth-order valence-corrected chi connectivity index (χ4v) is 12.1. The van der Waals surface area contributed by atoms with Gasteiger partial charge in [-0.25, -0.2) is 0 Å². The van der Waals surface area contributed by atoms with Crippen molar-refractivity contribution in [2.45, 2.75) is 443 Å². The second-order valence-corrected chi connectivity index (χ2v) is 26.0. The van der Waals surface area contributed by atoms with E-state index in [4.69, 9.17) is 4.74 Å². The van der Waals surface area contributed by atoms with Gasteiger partial charge < -0.3 is 20.3 Å². The van der Waals surface area contributed by atoms with Crippen LogP contribution < -0.4 is 5.32 Å². The summed E-state index contributed by atoms with van der Waals surface area (Å²) in [5.74, 6) is -0.00361. The number of unbranched alkanes of at least 4 members (excludes halogenated alkanes) is 58. The lowest BCUT2D eigenvalue weighted by Gasteiger charge is -2.22. The molecule has 0 aromatic carbocycles. The first-order valence-electron chi connectivity index (χ1n) is 37.4. The minimum absolute atomic E-state index is 0.0263. The van der Waals surface area contributed by atoms with Crippen LogP contribution in [0.2, 0.25) is 0 Å². The molecule has 0 fully saturated rings. The summed E-state index contributed by atoms with van der Waals surface area (Å²) in [6.07, 6.45) is 88.8. The third kappa shape index (κ3) is 67.6. The zero-order chi connectivity index (χ0) is 58.5. The first-order valence-corrected chi connectivity index (χ1v) is 37.4. The zero-order valence-corrected chi connectivity index (χ0v) is 55.3. The molecule has 6 nitrogen and oxygen atoms in total. The van der Waals surface area contributed by atoms with Gasteiger partial charge in [0.2, 0.25) is 5.91 Å². The molecule has 0 aliphatic rings. The summed E-state index contributed by atoms with van der Waals surface area (Å²) in [5, 5.41) is 23.2. The number of carbonyl (C=O) groups excluding carboxylic acids is 2. The number of amides is 1. The van der Waals surface area contributed by atoms with Gasteiger partial charge >= 0.3 is 5.97 Å². The van der Waals surface area contributed by atoms with Gasteiger partial charge in [0.05, 0.1) is 25.4 Å². The van der Waals surface area contributed by atoms with E-state index in [0.29, 0.717) is 25.9 Å². The standard InChI is InChI=1S/C75H147NO5/c1-3-5-7-9-11-13-15-16-42-46-49-53-57-61-65-69-75(80)81-70-66-62-58-54-50-47-44-41-39-37-35-33-31-29-27-25-23-21-19-17-18-20-22-24-26-28-30-32-34-36-38-40-43-45-48-52-56-60-64-68-74(79)76-72(71-77)73(78)67-63-59-55-51-14-12-10-8-6-4-2/h17-18,72-73,77-78H,3-16,19-71H2,1-2H3,(H,76,79)/b18-17-. The maximum atomic E-state index is 12.5. The highest BCUT2D eigenvalue weighted by molar-refractivity contribution is 5.76. The number of aliphatic hydroxyl groups excluding tert-OH is 2. The summed E-state index contributed by atoms with van der Waals surface area (Å²) in [6, 6.07) is -0.535. The van der Waals surface area contributed by atoms with Crippen LogP contribution in [0.1, 0.15) is 431 Å². The van der Waals surface area contributed by atoms with Gasteiger partial charge in [-0.1, -0.05) is 379 Å². The summed E-state index contributed by atoms with van der Waals surface area (Å²) in [7, 11) is 0. The van der Waals surface area contributed by atoms with E-state index in [0.717, 1.165) is 38.5 Å². The summed E-state index contributed by atoms with van der Waals surface area (Å²) >= 11 is 0. The van der Waals surface area contributed by atoms with Gasteiger partial charge in [-0.05, 0) is 51.4 Å². The smallest absolute Gasteiger partial charge is 0.305 e. The number of rotatable bonds is 71. The third-order valence-electron chi connectivity index (χ3n) is 17.8. The molecule has 1 amide bonds. The van der Waals surface area contributed by atoms with E-state index < -0.39 is 12.1 Å². The zero-order valence-electron chi connectivity index (χ0n) is 55.3. The highest BCUT2D eigenvalue weighted by atomic mass is 16.5. The van der Waals surface area contributed by atoms with Gasteiger partial charge in [0.25, 0.3) is 0 Å². The van der Waals surface area contributed by atoms with Gasteiger partial charge in [-0.3, -0.25) is 9.59 Å².